The lowest BCUT2D eigenvalue weighted by atomic mass is 9.89. The summed E-state index contributed by atoms with van der Waals surface area (Å²) in [4.78, 5) is 24.0. The Morgan fingerprint density at radius 1 is 1.40 bits per heavy atom. The molecule has 0 aromatic rings. The highest BCUT2D eigenvalue weighted by molar-refractivity contribution is 5.84. The summed E-state index contributed by atoms with van der Waals surface area (Å²) >= 11 is 0. The molecule has 5 nitrogen and oxygen atoms in total. The fourth-order valence-electron chi connectivity index (χ4n) is 0.993. The highest BCUT2D eigenvalue weighted by atomic mass is 16.4. The molecule has 0 bridgehead atoms. The van der Waals surface area contributed by atoms with E-state index in [1.54, 1.807) is 32.8 Å². The van der Waals surface area contributed by atoms with Crippen LogP contribution in [-0.2, 0) is 9.59 Å². The molecule has 0 saturated carbocycles. The predicted molar refractivity (Wildman–Crippen MR) is 57.6 cm³/mol. The van der Waals surface area contributed by atoms with Gasteiger partial charge < -0.3 is 15.3 Å². The van der Waals surface area contributed by atoms with Gasteiger partial charge in [-0.25, -0.2) is 0 Å². The predicted octanol–water partition coefficient (Wildman–Crippen LogP) is 0.165. The Morgan fingerprint density at radius 2 is 1.93 bits per heavy atom. The van der Waals surface area contributed by atoms with Crippen LogP contribution in [0.1, 0.15) is 20.3 Å². The molecule has 2 N–H and O–H groups in total. The van der Waals surface area contributed by atoms with Crippen LogP contribution in [0.3, 0.4) is 0 Å². The molecule has 1 amide bonds. The van der Waals surface area contributed by atoms with Crippen LogP contribution in [0.4, 0.5) is 0 Å². The van der Waals surface area contributed by atoms with Gasteiger partial charge in [0.1, 0.15) is 0 Å². The first-order valence-corrected chi connectivity index (χ1v) is 4.93. The number of carbonyl (C=O) groups is 2. The van der Waals surface area contributed by atoms with Crippen molar-refractivity contribution in [2.45, 2.75) is 20.3 Å². The normalized spacial score (nSPS) is 11.2. The van der Waals surface area contributed by atoms with Gasteiger partial charge in [-0.15, -0.1) is 0 Å². The maximum atomic E-state index is 11.6. The van der Waals surface area contributed by atoms with Crippen LogP contribution in [0.25, 0.3) is 0 Å². The van der Waals surface area contributed by atoms with E-state index in [0.717, 1.165) is 0 Å². The maximum Gasteiger partial charge on any atom is 0.309 e. The third kappa shape index (κ3) is 4.78. The van der Waals surface area contributed by atoms with Crippen LogP contribution in [0.15, 0.2) is 0 Å². The van der Waals surface area contributed by atoms with E-state index in [9.17, 15) is 9.59 Å². The number of amides is 1. The summed E-state index contributed by atoms with van der Waals surface area (Å²) in [6.45, 7) is 4.40. The van der Waals surface area contributed by atoms with Crippen molar-refractivity contribution in [3.63, 3.8) is 0 Å². The Balaban J connectivity index is 4.18. The van der Waals surface area contributed by atoms with Crippen molar-refractivity contribution in [2.24, 2.45) is 5.41 Å². The Labute approximate surface area is 90.5 Å². The lowest BCUT2D eigenvalue weighted by molar-refractivity contribution is -0.151. The van der Waals surface area contributed by atoms with Crippen molar-refractivity contribution in [1.82, 2.24) is 10.2 Å². The fraction of sp³-hybridized carbons (Fsp3) is 0.800. The monoisotopic (exact) mass is 216 g/mol. The van der Waals surface area contributed by atoms with Gasteiger partial charge in [0.05, 0.1) is 5.41 Å². The molecule has 88 valence electrons. The molecule has 0 radical (unpaired) electrons. The number of aliphatic carboxylic acids is 1. The van der Waals surface area contributed by atoms with Crippen molar-refractivity contribution in [3.05, 3.63) is 0 Å². The molecule has 5 heteroatoms. The molecule has 0 heterocycles. The molecule has 0 fully saturated rings. The second-order valence-electron chi connectivity index (χ2n) is 4.28. The summed E-state index contributed by atoms with van der Waals surface area (Å²) in [5.41, 5.74) is -0.995. The quantitative estimate of drug-likeness (QED) is 0.664. The number of hydrogen-bond donors (Lipinski definition) is 2. The summed E-state index contributed by atoms with van der Waals surface area (Å²) in [5.74, 6) is -1.09. The molecule has 0 rings (SSSR count). The van der Waals surface area contributed by atoms with E-state index in [1.165, 1.54) is 0 Å². The lowest BCUT2D eigenvalue weighted by Gasteiger charge is -2.23. The molecule has 15 heavy (non-hydrogen) atoms. The van der Waals surface area contributed by atoms with Crippen LogP contribution < -0.4 is 5.32 Å². The third-order valence-electron chi connectivity index (χ3n) is 2.30. The van der Waals surface area contributed by atoms with Gasteiger partial charge in [0, 0.05) is 26.6 Å². The molecular formula is C10H20N2O3. The number of hydrogen-bond acceptors (Lipinski definition) is 3. The molecule has 0 spiro atoms. The summed E-state index contributed by atoms with van der Waals surface area (Å²) in [7, 11) is 3.48. The van der Waals surface area contributed by atoms with Crippen molar-refractivity contribution in [1.29, 1.82) is 0 Å². The number of carboxylic acid groups (broad SMARTS) is 1. The Kier molecular flexibility index (Phi) is 5.28. The van der Waals surface area contributed by atoms with Crippen LogP contribution >= 0.6 is 0 Å². The number of carboxylic acids is 1. The molecule has 0 aliphatic heterocycles. The Bertz CT molecular complexity index is 239. The van der Waals surface area contributed by atoms with E-state index in [4.69, 9.17) is 5.11 Å². The van der Waals surface area contributed by atoms with Crippen molar-refractivity contribution >= 4 is 11.9 Å². The molecule has 0 aliphatic rings. The summed E-state index contributed by atoms with van der Waals surface area (Å²) in [6, 6.07) is 0. The average molecular weight is 216 g/mol. The van der Waals surface area contributed by atoms with Crippen molar-refractivity contribution < 1.29 is 14.7 Å². The molecule has 0 saturated heterocycles. The van der Waals surface area contributed by atoms with E-state index in [-0.39, 0.29) is 12.3 Å². The minimum atomic E-state index is -0.995. The van der Waals surface area contributed by atoms with Crippen LogP contribution in [0.2, 0.25) is 0 Å². The topological polar surface area (TPSA) is 69.6 Å². The molecular weight excluding hydrogens is 196 g/mol. The number of likely N-dealkylation sites (N-methyl/N-ethyl adjacent to an activating group) is 2. The van der Waals surface area contributed by atoms with E-state index in [0.29, 0.717) is 13.1 Å². The zero-order chi connectivity index (χ0) is 12.1. The third-order valence-corrected chi connectivity index (χ3v) is 2.30. The minimum Gasteiger partial charge on any atom is -0.481 e. The standard InChI is InChI=1S/C10H20N2O3/c1-10(2,9(14)15)7-8(13)12(4)6-5-11-3/h11H,5-7H2,1-4H3,(H,14,15). The van der Waals surface area contributed by atoms with E-state index >= 15 is 0 Å². The SMILES string of the molecule is CNCCN(C)C(=O)CC(C)(C)C(=O)O. The molecule has 0 aliphatic carbocycles. The first-order valence-electron chi connectivity index (χ1n) is 4.93. The van der Waals surface area contributed by atoms with Gasteiger partial charge in [-0.3, -0.25) is 9.59 Å². The number of carbonyl (C=O) groups excluding carboxylic acids is 1. The second-order valence-corrected chi connectivity index (χ2v) is 4.28. The van der Waals surface area contributed by atoms with Crippen molar-refractivity contribution in [3.8, 4) is 0 Å². The fourth-order valence-corrected chi connectivity index (χ4v) is 0.993. The first-order chi connectivity index (χ1) is 6.81. The van der Waals surface area contributed by atoms with E-state index < -0.39 is 11.4 Å². The smallest absolute Gasteiger partial charge is 0.309 e. The zero-order valence-corrected chi connectivity index (χ0v) is 9.83. The molecule has 0 aromatic carbocycles. The average Bonchev–Trinajstić information content (AvgIpc) is 2.13. The van der Waals surface area contributed by atoms with Crippen molar-refractivity contribution in [2.75, 3.05) is 27.2 Å². The van der Waals surface area contributed by atoms with Crippen LogP contribution in [0, 0.1) is 5.41 Å². The first kappa shape index (κ1) is 13.9. The largest absolute Gasteiger partial charge is 0.481 e. The summed E-state index contributed by atoms with van der Waals surface area (Å²) in [5, 5.41) is 11.8. The number of rotatable bonds is 6. The highest BCUT2D eigenvalue weighted by Crippen LogP contribution is 2.21. The van der Waals surface area contributed by atoms with Gasteiger partial charge in [-0.2, -0.15) is 0 Å². The van der Waals surface area contributed by atoms with Gasteiger partial charge in [-0.05, 0) is 20.9 Å². The summed E-state index contributed by atoms with van der Waals surface area (Å²) in [6.07, 6.45) is 0.0303. The van der Waals surface area contributed by atoms with Crippen LogP contribution in [-0.4, -0.2) is 49.1 Å². The number of nitrogens with zero attached hydrogens (tertiary/aromatic N) is 1. The van der Waals surface area contributed by atoms with Gasteiger partial charge in [0.25, 0.3) is 0 Å². The molecule has 0 unspecified atom stereocenters. The molecule has 0 aromatic heterocycles. The van der Waals surface area contributed by atoms with Gasteiger partial charge in [0.2, 0.25) is 5.91 Å². The second kappa shape index (κ2) is 5.70. The molecule has 0 atom stereocenters. The number of nitrogens with one attached hydrogen (secondary N) is 1. The van der Waals surface area contributed by atoms with Gasteiger partial charge in [-0.1, -0.05) is 0 Å². The minimum absolute atomic E-state index is 0.0303. The maximum absolute atomic E-state index is 11.6. The van der Waals surface area contributed by atoms with E-state index in [1.807, 2.05) is 0 Å². The Morgan fingerprint density at radius 3 is 2.33 bits per heavy atom. The summed E-state index contributed by atoms with van der Waals surface area (Å²) < 4.78 is 0. The van der Waals surface area contributed by atoms with Crippen LogP contribution in [0.5, 0.6) is 0 Å². The lowest BCUT2D eigenvalue weighted by Crippen LogP contribution is -2.37. The zero-order valence-electron chi connectivity index (χ0n) is 9.83. The van der Waals surface area contributed by atoms with E-state index in [2.05, 4.69) is 5.32 Å². The van der Waals surface area contributed by atoms with Gasteiger partial charge >= 0.3 is 5.97 Å². The Hall–Kier alpha value is -1.10. The van der Waals surface area contributed by atoms with Gasteiger partial charge in [0.15, 0.2) is 0 Å². The highest BCUT2D eigenvalue weighted by Gasteiger charge is 2.31.